The summed E-state index contributed by atoms with van der Waals surface area (Å²) in [5.41, 5.74) is 1.79. The van der Waals surface area contributed by atoms with Crippen LogP contribution in [0.5, 0.6) is 0 Å². The molecule has 2 aliphatic rings. The maximum Gasteiger partial charge on any atom is 0.232 e. The fraction of sp³-hybridized carbons (Fsp3) is 0.667. The van der Waals surface area contributed by atoms with Crippen LogP contribution in [0.1, 0.15) is 56.9 Å². The zero-order valence-electron chi connectivity index (χ0n) is 16.6. The fourth-order valence-electron chi connectivity index (χ4n) is 4.29. The van der Waals surface area contributed by atoms with Crippen molar-refractivity contribution in [3.8, 4) is 0 Å². The van der Waals surface area contributed by atoms with Crippen LogP contribution in [0.25, 0.3) is 10.2 Å². The lowest BCUT2D eigenvalue weighted by atomic mass is 9.72. The first kappa shape index (κ1) is 19.2. The summed E-state index contributed by atoms with van der Waals surface area (Å²) >= 11 is 3.44. The molecule has 1 aliphatic heterocycles. The van der Waals surface area contributed by atoms with Crippen molar-refractivity contribution < 1.29 is 4.79 Å². The molecule has 1 atom stereocenters. The summed E-state index contributed by atoms with van der Waals surface area (Å²) in [5, 5.41) is 2.22. The van der Waals surface area contributed by atoms with E-state index >= 15 is 0 Å². The number of fused-ring (bicyclic) bond motifs is 3. The molecule has 1 fully saturated rings. The lowest BCUT2D eigenvalue weighted by molar-refractivity contribution is -0.129. The van der Waals surface area contributed by atoms with Gasteiger partial charge in [-0.25, -0.2) is 9.97 Å². The van der Waals surface area contributed by atoms with E-state index in [1.54, 1.807) is 18.1 Å². The number of aromatic nitrogens is 2. The van der Waals surface area contributed by atoms with Crippen molar-refractivity contribution in [2.24, 2.45) is 11.3 Å². The molecule has 1 aliphatic carbocycles. The second-order valence-electron chi connectivity index (χ2n) is 8.90. The third kappa shape index (κ3) is 4.02. The average molecular weight is 404 g/mol. The van der Waals surface area contributed by atoms with Gasteiger partial charge >= 0.3 is 0 Å². The van der Waals surface area contributed by atoms with Gasteiger partial charge < -0.3 is 4.90 Å². The molecular formula is C21H29N3OS2. The summed E-state index contributed by atoms with van der Waals surface area (Å²) in [6.45, 7) is 8.89. The standard InChI is InChI=1S/C21H29N3OS2/c1-21(2,3)14-7-8-15-16(11-14)27-20-18(15)19(22-13-23-20)26-12-17(25)24-9-5-4-6-10-24/h13-14H,4-12H2,1-3H3/t14-/m1/s1. The van der Waals surface area contributed by atoms with E-state index in [9.17, 15) is 4.79 Å². The number of aryl methyl sites for hydroxylation is 1. The number of nitrogens with zero attached hydrogens (tertiary/aromatic N) is 3. The van der Waals surface area contributed by atoms with Crippen LogP contribution in [0.15, 0.2) is 11.4 Å². The number of likely N-dealkylation sites (tertiary alicyclic amines) is 1. The van der Waals surface area contributed by atoms with Crippen molar-refractivity contribution in [3.05, 3.63) is 16.8 Å². The van der Waals surface area contributed by atoms with Crippen molar-refractivity contribution in [1.82, 2.24) is 14.9 Å². The average Bonchev–Trinajstić information content (AvgIpc) is 3.04. The van der Waals surface area contributed by atoms with Crippen LogP contribution in [0.2, 0.25) is 0 Å². The minimum atomic E-state index is 0.253. The van der Waals surface area contributed by atoms with Gasteiger partial charge in [-0.1, -0.05) is 32.5 Å². The van der Waals surface area contributed by atoms with Crippen molar-refractivity contribution in [2.75, 3.05) is 18.8 Å². The van der Waals surface area contributed by atoms with Gasteiger partial charge in [0.2, 0.25) is 5.91 Å². The summed E-state index contributed by atoms with van der Waals surface area (Å²) in [5.74, 6) is 1.47. The first-order valence-corrected chi connectivity index (χ1v) is 11.9. The van der Waals surface area contributed by atoms with Gasteiger partial charge in [-0.05, 0) is 55.4 Å². The monoisotopic (exact) mass is 403 g/mol. The second kappa shape index (κ2) is 7.70. The zero-order valence-corrected chi connectivity index (χ0v) is 18.2. The third-order valence-corrected chi connectivity index (χ3v) is 8.21. The Kier molecular flexibility index (Phi) is 5.48. The Bertz CT molecular complexity index is 834. The number of amides is 1. The van der Waals surface area contributed by atoms with Gasteiger partial charge in [-0.2, -0.15) is 0 Å². The summed E-state index contributed by atoms with van der Waals surface area (Å²) < 4.78 is 0. The Morgan fingerprint density at radius 1 is 1.26 bits per heavy atom. The van der Waals surface area contributed by atoms with Gasteiger partial charge in [-0.3, -0.25) is 4.79 Å². The number of piperidine rings is 1. The molecule has 0 radical (unpaired) electrons. The normalized spacial score (nSPS) is 20.7. The minimum absolute atomic E-state index is 0.253. The molecule has 1 amide bonds. The molecule has 0 spiro atoms. The maximum absolute atomic E-state index is 12.6. The highest BCUT2D eigenvalue weighted by molar-refractivity contribution is 8.00. The van der Waals surface area contributed by atoms with Gasteiger partial charge in [0.15, 0.2) is 0 Å². The van der Waals surface area contributed by atoms with E-state index in [0.29, 0.717) is 11.2 Å². The number of hydrogen-bond acceptors (Lipinski definition) is 5. The van der Waals surface area contributed by atoms with E-state index < -0.39 is 0 Å². The van der Waals surface area contributed by atoms with Crippen LogP contribution in [0, 0.1) is 11.3 Å². The fourth-order valence-corrected chi connectivity index (χ4v) is 6.55. The number of rotatable bonds is 3. The van der Waals surface area contributed by atoms with Gasteiger partial charge in [0.05, 0.1) is 5.75 Å². The lowest BCUT2D eigenvalue weighted by Crippen LogP contribution is -2.36. The first-order chi connectivity index (χ1) is 12.9. The van der Waals surface area contributed by atoms with Crippen molar-refractivity contribution in [1.29, 1.82) is 0 Å². The highest BCUT2D eigenvalue weighted by Crippen LogP contribution is 2.44. The predicted octanol–water partition coefficient (Wildman–Crippen LogP) is 4.95. The van der Waals surface area contributed by atoms with Gasteiger partial charge in [0.1, 0.15) is 16.2 Å². The molecule has 2 aromatic rings. The molecule has 146 valence electrons. The maximum atomic E-state index is 12.6. The van der Waals surface area contributed by atoms with Crippen LogP contribution in [-0.4, -0.2) is 39.6 Å². The number of thioether (sulfide) groups is 1. The molecule has 3 heterocycles. The SMILES string of the molecule is CC(C)(C)[C@@H]1CCc2c(sc3ncnc(SCC(=O)N4CCCCC4)c23)C1. The second-order valence-corrected chi connectivity index (χ2v) is 10.9. The summed E-state index contributed by atoms with van der Waals surface area (Å²) in [4.78, 5) is 26.3. The van der Waals surface area contributed by atoms with Gasteiger partial charge in [0, 0.05) is 23.4 Å². The summed E-state index contributed by atoms with van der Waals surface area (Å²) in [6, 6.07) is 0. The van der Waals surface area contributed by atoms with E-state index in [4.69, 9.17) is 0 Å². The van der Waals surface area contributed by atoms with Crippen LogP contribution < -0.4 is 0 Å². The van der Waals surface area contributed by atoms with Crippen LogP contribution in [-0.2, 0) is 17.6 Å². The van der Waals surface area contributed by atoms with E-state index in [-0.39, 0.29) is 5.91 Å². The van der Waals surface area contributed by atoms with Crippen LogP contribution in [0.4, 0.5) is 0 Å². The molecule has 0 aromatic carbocycles. The van der Waals surface area contributed by atoms with E-state index in [0.717, 1.165) is 54.5 Å². The molecule has 1 saturated heterocycles. The van der Waals surface area contributed by atoms with E-state index in [2.05, 4.69) is 30.7 Å². The molecular weight excluding hydrogens is 374 g/mol. The van der Waals surface area contributed by atoms with Crippen molar-refractivity contribution >= 4 is 39.2 Å². The highest BCUT2D eigenvalue weighted by atomic mass is 32.2. The number of carbonyl (C=O) groups excluding carboxylic acids is 1. The lowest BCUT2D eigenvalue weighted by Gasteiger charge is -2.33. The highest BCUT2D eigenvalue weighted by Gasteiger charge is 2.31. The molecule has 0 bridgehead atoms. The molecule has 27 heavy (non-hydrogen) atoms. The molecule has 0 saturated carbocycles. The number of carbonyl (C=O) groups is 1. The summed E-state index contributed by atoms with van der Waals surface area (Å²) in [7, 11) is 0. The Morgan fingerprint density at radius 2 is 2.04 bits per heavy atom. The Morgan fingerprint density at radius 3 is 2.78 bits per heavy atom. The van der Waals surface area contributed by atoms with Crippen LogP contribution in [0.3, 0.4) is 0 Å². The Labute approximate surface area is 170 Å². The molecule has 6 heteroatoms. The predicted molar refractivity (Wildman–Crippen MR) is 114 cm³/mol. The van der Waals surface area contributed by atoms with Crippen molar-refractivity contribution in [3.63, 3.8) is 0 Å². The van der Waals surface area contributed by atoms with Crippen LogP contribution >= 0.6 is 23.1 Å². The topological polar surface area (TPSA) is 46.1 Å². The van der Waals surface area contributed by atoms with E-state index in [1.165, 1.54) is 28.7 Å². The molecule has 2 aromatic heterocycles. The Balaban J connectivity index is 1.54. The number of thiophene rings is 1. The quantitative estimate of drug-likeness (QED) is 0.537. The largest absolute Gasteiger partial charge is 0.342 e. The van der Waals surface area contributed by atoms with E-state index in [1.807, 2.05) is 16.2 Å². The first-order valence-electron chi connectivity index (χ1n) is 10.1. The zero-order chi connectivity index (χ0) is 19.0. The minimum Gasteiger partial charge on any atom is -0.342 e. The third-order valence-electron chi connectivity index (χ3n) is 6.08. The van der Waals surface area contributed by atoms with Gasteiger partial charge in [-0.15, -0.1) is 11.3 Å². The molecule has 0 N–H and O–H groups in total. The summed E-state index contributed by atoms with van der Waals surface area (Å²) in [6.07, 6.45) is 8.69. The van der Waals surface area contributed by atoms with Gasteiger partial charge in [0.25, 0.3) is 0 Å². The molecule has 4 rings (SSSR count). The van der Waals surface area contributed by atoms with Crippen molar-refractivity contribution in [2.45, 2.75) is 64.3 Å². The molecule has 4 nitrogen and oxygen atoms in total. The smallest absolute Gasteiger partial charge is 0.232 e. The number of hydrogen-bond donors (Lipinski definition) is 0. The molecule has 0 unspecified atom stereocenters. The Hall–Kier alpha value is -1.14.